The summed E-state index contributed by atoms with van der Waals surface area (Å²) in [6, 6.07) is 15.1. The van der Waals surface area contributed by atoms with Gasteiger partial charge in [0.15, 0.2) is 17.8 Å². The molecule has 0 radical (unpaired) electrons. The first-order chi connectivity index (χ1) is 23.3. The lowest BCUT2D eigenvalue weighted by Crippen LogP contribution is -2.49. The molecule has 3 aromatic heterocycles. The number of piperazine rings is 1. The maximum Gasteiger partial charge on any atom is 0.285 e. The molecular weight excluding hydrogens is 634 g/mol. The highest BCUT2D eigenvalue weighted by Crippen LogP contribution is 2.20. The molecule has 2 aliphatic rings. The second-order valence-electron chi connectivity index (χ2n) is 11.3. The van der Waals surface area contributed by atoms with Gasteiger partial charge in [-0.15, -0.1) is 10.2 Å². The molecule has 4 aromatic rings. The first kappa shape index (κ1) is 32.5. The van der Waals surface area contributed by atoms with Crippen molar-refractivity contribution in [2.75, 3.05) is 37.7 Å². The summed E-state index contributed by atoms with van der Waals surface area (Å²) in [5.74, 6) is 5.88. The molecule has 246 valence electrons. The molecule has 1 aromatic carbocycles. The Morgan fingerprint density at radius 1 is 0.896 bits per heavy atom. The molecule has 14 heteroatoms. The monoisotopic (exact) mass is 667 g/mol. The number of hydrogen-bond acceptors (Lipinski definition) is 11. The summed E-state index contributed by atoms with van der Waals surface area (Å²) in [6.07, 6.45) is 9.07. The molecule has 6 rings (SSSR count). The molecule has 2 fully saturated rings. The predicted molar refractivity (Wildman–Crippen MR) is 175 cm³/mol. The third kappa shape index (κ3) is 8.69. The number of nitrogens with one attached hydrogen (secondary N) is 1. The number of anilines is 1. The Balaban J connectivity index is 1.01. The van der Waals surface area contributed by atoms with Gasteiger partial charge in [0, 0.05) is 62.3 Å². The van der Waals surface area contributed by atoms with Gasteiger partial charge in [-0.1, -0.05) is 42.2 Å². The fourth-order valence-electron chi connectivity index (χ4n) is 5.24. The molecule has 1 atom stereocenters. The van der Waals surface area contributed by atoms with Crippen molar-refractivity contribution < 1.29 is 27.5 Å². The number of benzene rings is 1. The van der Waals surface area contributed by atoms with Gasteiger partial charge in [0.25, 0.3) is 11.8 Å². The normalized spacial score (nSPS) is 16.4. The van der Waals surface area contributed by atoms with E-state index in [9.17, 15) is 18.0 Å². The predicted octanol–water partition coefficient (Wildman–Crippen LogP) is 2.79. The van der Waals surface area contributed by atoms with Gasteiger partial charge in [-0.3, -0.25) is 19.6 Å². The summed E-state index contributed by atoms with van der Waals surface area (Å²) in [5, 5.41) is 8.07. The Kier molecular flexibility index (Phi) is 10.2. The lowest BCUT2D eigenvalue weighted by atomic mass is 10.1. The number of ether oxygens (including phenoxy) is 2. The third-order valence-electron chi connectivity index (χ3n) is 7.68. The number of rotatable bonds is 8. The van der Waals surface area contributed by atoms with Gasteiger partial charge in [-0.2, -0.15) is 0 Å². The van der Waals surface area contributed by atoms with Crippen LogP contribution in [0.1, 0.15) is 56.8 Å². The maximum absolute atomic E-state index is 13.3. The van der Waals surface area contributed by atoms with E-state index in [0.29, 0.717) is 66.6 Å². The van der Waals surface area contributed by atoms with Crippen LogP contribution < -0.4 is 14.4 Å². The standard InChI is InChI=1S/C34H33N7O6S/c42-33(39-48(44,45)24-25-6-2-1-3-7-25)30-11-12-31(38-37-30)40-13-15-41(16-14-40)34(43)28-18-26(20-35-22-28)9-10-27-19-29(23-36-21-27)47-32-8-4-5-17-46-32/h1-3,6-7,11-12,18-23,32H,4-5,8,13-17,24H2,(H,39,42). The number of hydrogen-bond donors (Lipinski definition) is 1. The van der Waals surface area contributed by atoms with Crippen LogP contribution in [-0.2, 0) is 20.5 Å². The zero-order valence-corrected chi connectivity index (χ0v) is 26.8. The highest BCUT2D eigenvalue weighted by atomic mass is 32.2. The average Bonchev–Trinajstić information content (AvgIpc) is 3.11. The average molecular weight is 668 g/mol. The maximum atomic E-state index is 13.3. The van der Waals surface area contributed by atoms with Gasteiger partial charge in [0.2, 0.25) is 10.0 Å². The van der Waals surface area contributed by atoms with Crippen molar-refractivity contribution >= 4 is 27.7 Å². The van der Waals surface area contributed by atoms with Crippen molar-refractivity contribution in [2.45, 2.75) is 31.3 Å². The van der Waals surface area contributed by atoms with Gasteiger partial charge in [0.1, 0.15) is 5.75 Å². The van der Waals surface area contributed by atoms with Crippen LogP contribution in [0.2, 0.25) is 0 Å². The van der Waals surface area contributed by atoms with E-state index in [0.717, 1.165) is 19.3 Å². The van der Waals surface area contributed by atoms with Crippen LogP contribution >= 0.6 is 0 Å². The molecule has 1 N–H and O–H groups in total. The fourth-order valence-corrected chi connectivity index (χ4v) is 6.33. The molecule has 2 saturated heterocycles. The van der Waals surface area contributed by atoms with E-state index in [1.54, 1.807) is 66.0 Å². The molecular formula is C34H33N7O6S. The largest absolute Gasteiger partial charge is 0.463 e. The Labute approximate surface area is 278 Å². The summed E-state index contributed by atoms with van der Waals surface area (Å²) in [5.41, 5.74) is 2.12. The second-order valence-corrected chi connectivity index (χ2v) is 13.0. The van der Waals surface area contributed by atoms with Crippen LogP contribution in [0, 0.1) is 11.8 Å². The lowest BCUT2D eigenvalue weighted by molar-refractivity contribution is -0.106. The van der Waals surface area contributed by atoms with Crippen LogP contribution in [0.25, 0.3) is 0 Å². The van der Waals surface area contributed by atoms with Gasteiger partial charge in [0.05, 0.1) is 24.1 Å². The van der Waals surface area contributed by atoms with E-state index in [-0.39, 0.29) is 23.6 Å². The number of pyridine rings is 2. The highest BCUT2D eigenvalue weighted by molar-refractivity contribution is 7.89. The van der Waals surface area contributed by atoms with Crippen molar-refractivity contribution in [3.05, 3.63) is 107 Å². The minimum Gasteiger partial charge on any atom is -0.463 e. The molecule has 5 heterocycles. The first-order valence-electron chi connectivity index (χ1n) is 15.5. The van der Waals surface area contributed by atoms with E-state index in [1.807, 2.05) is 15.7 Å². The lowest BCUT2D eigenvalue weighted by Gasteiger charge is -2.35. The van der Waals surface area contributed by atoms with Crippen LogP contribution in [-0.4, -0.2) is 84.4 Å². The Hall–Kier alpha value is -5.39. The Morgan fingerprint density at radius 2 is 1.65 bits per heavy atom. The van der Waals surface area contributed by atoms with Crippen molar-refractivity contribution in [2.24, 2.45) is 0 Å². The first-order valence-corrected chi connectivity index (χ1v) is 17.1. The zero-order valence-electron chi connectivity index (χ0n) is 26.0. The van der Waals surface area contributed by atoms with Crippen LogP contribution in [0.4, 0.5) is 5.82 Å². The highest BCUT2D eigenvalue weighted by Gasteiger charge is 2.24. The van der Waals surface area contributed by atoms with Crippen LogP contribution in [0.15, 0.2) is 79.4 Å². The zero-order chi connectivity index (χ0) is 33.3. The number of nitrogens with zero attached hydrogens (tertiary/aromatic N) is 6. The van der Waals surface area contributed by atoms with Crippen LogP contribution in [0.3, 0.4) is 0 Å². The van der Waals surface area contributed by atoms with Gasteiger partial charge in [-0.05, 0) is 42.7 Å². The van der Waals surface area contributed by atoms with Crippen molar-refractivity contribution in [3.8, 4) is 17.6 Å². The van der Waals surface area contributed by atoms with E-state index in [4.69, 9.17) is 9.47 Å². The van der Waals surface area contributed by atoms with E-state index in [2.05, 4.69) is 32.0 Å². The molecule has 0 saturated carbocycles. The SMILES string of the molecule is O=C(NS(=O)(=O)Cc1ccccc1)c1ccc(N2CCN(C(=O)c3cncc(C#Cc4cncc(OC5CCCCO5)c4)c3)CC2)nn1. The molecule has 48 heavy (non-hydrogen) atoms. The smallest absolute Gasteiger partial charge is 0.285 e. The quantitative estimate of drug-likeness (QED) is 0.276. The van der Waals surface area contributed by atoms with Gasteiger partial charge in [-0.25, -0.2) is 13.1 Å². The number of sulfonamides is 1. The molecule has 0 aliphatic carbocycles. The molecule has 2 aliphatic heterocycles. The molecule has 0 bridgehead atoms. The fraction of sp³-hybridized carbons (Fsp3) is 0.294. The van der Waals surface area contributed by atoms with E-state index in [1.165, 1.54) is 12.3 Å². The van der Waals surface area contributed by atoms with Crippen LogP contribution in [0.5, 0.6) is 5.75 Å². The van der Waals surface area contributed by atoms with Crippen molar-refractivity contribution in [3.63, 3.8) is 0 Å². The molecule has 2 amide bonds. The van der Waals surface area contributed by atoms with Gasteiger partial charge >= 0.3 is 0 Å². The third-order valence-corrected chi connectivity index (χ3v) is 8.89. The van der Waals surface area contributed by atoms with Crippen molar-refractivity contribution in [1.29, 1.82) is 0 Å². The summed E-state index contributed by atoms with van der Waals surface area (Å²) >= 11 is 0. The minimum atomic E-state index is -3.91. The summed E-state index contributed by atoms with van der Waals surface area (Å²) in [6.45, 7) is 2.52. The molecule has 13 nitrogen and oxygen atoms in total. The Morgan fingerprint density at radius 3 is 2.35 bits per heavy atom. The number of carbonyl (C=O) groups excluding carboxylic acids is 2. The summed E-state index contributed by atoms with van der Waals surface area (Å²) < 4.78 is 38.4. The molecule has 1 unspecified atom stereocenters. The minimum absolute atomic E-state index is 0.119. The number of amides is 2. The van der Waals surface area contributed by atoms with Crippen molar-refractivity contribution in [1.82, 2.24) is 29.8 Å². The summed E-state index contributed by atoms with van der Waals surface area (Å²) in [7, 11) is -3.91. The van der Waals surface area contributed by atoms with E-state index < -0.39 is 15.9 Å². The molecule has 0 spiro atoms. The van der Waals surface area contributed by atoms with E-state index >= 15 is 0 Å². The summed E-state index contributed by atoms with van der Waals surface area (Å²) in [4.78, 5) is 38.0. The number of aromatic nitrogens is 4. The van der Waals surface area contributed by atoms with Gasteiger partial charge < -0.3 is 19.3 Å². The number of carbonyl (C=O) groups is 2. The topological polar surface area (TPSA) is 157 Å². The second kappa shape index (κ2) is 15.0. The Bertz CT molecular complexity index is 1920.